The minimum absolute atomic E-state index is 0.0540. The lowest BCUT2D eigenvalue weighted by molar-refractivity contribution is 0.107. The van der Waals surface area contributed by atoms with Gasteiger partial charge in [-0.3, -0.25) is 4.79 Å². The summed E-state index contributed by atoms with van der Waals surface area (Å²) in [6.07, 6.45) is 4.23. The summed E-state index contributed by atoms with van der Waals surface area (Å²) in [5, 5.41) is 7.92. The van der Waals surface area contributed by atoms with E-state index in [1.165, 1.54) is 12.1 Å². The largest absolute Gasteiger partial charge is 0.424 e. The molecule has 1 fully saturated rings. The van der Waals surface area contributed by atoms with Crippen molar-refractivity contribution in [2.24, 2.45) is 0 Å². The Morgan fingerprint density at radius 3 is 2.89 bits per heavy atom. The smallest absolute Gasteiger partial charge is 0.295 e. The van der Waals surface area contributed by atoms with Crippen LogP contribution in [0.15, 0.2) is 33.5 Å². The fourth-order valence-corrected chi connectivity index (χ4v) is 4.09. The number of aromatic nitrogens is 3. The van der Waals surface area contributed by atoms with E-state index in [4.69, 9.17) is 9.15 Å². The summed E-state index contributed by atoms with van der Waals surface area (Å²) >= 11 is 0. The molecule has 0 amide bonds. The number of anilines is 1. The van der Waals surface area contributed by atoms with Crippen LogP contribution in [0.25, 0.3) is 11.1 Å². The molecule has 1 aliphatic carbocycles. The van der Waals surface area contributed by atoms with Gasteiger partial charge >= 0.3 is 0 Å². The number of hydrogen-bond acceptors (Lipinski definition) is 6. The first kappa shape index (κ1) is 17.4. The van der Waals surface area contributed by atoms with Gasteiger partial charge in [0.1, 0.15) is 11.3 Å². The Morgan fingerprint density at radius 1 is 1.18 bits per heavy atom. The summed E-state index contributed by atoms with van der Waals surface area (Å²) in [5.41, 5.74) is 2.90. The number of halogens is 1. The van der Waals surface area contributed by atoms with Crippen LogP contribution in [0, 0.1) is 5.82 Å². The highest BCUT2D eigenvalue weighted by Gasteiger charge is 2.26. The number of rotatable bonds is 3. The molecule has 0 unspecified atom stereocenters. The summed E-state index contributed by atoms with van der Waals surface area (Å²) < 4.78 is 26.0. The highest BCUT2D eigenvalue weighted by atomic mass is 19.1. The Morgan fingerprint density at radius 2 is 2.04 bits per heavy atom. The van der Waals surface area contributed by atoms with Crippen molar-refractivity contribution in [3.63, 3.8) is 0 Å². The summed E-state index contributed by atoms with van der Waals surface area (Å²) in [6.45, 7) is 1.13. The van der Waals surface area contributed by atoms with Gasteiger partial charge in [-0.25, -0.2) is 9.07 Å². The first-order chi connectivity index (χ1) is 13.7. The molecule has 0 bridgehead atoms. The zero-order valence-corrected chi connectivity index (χ0v) is 15.4. The Bertz CT molecular complexity index is 1070. The maximum Gasteiger partial charge on any atom is 0.295 e. The predicted molar refractivity (Wildman–Crippen MR) is 101 cm³/mol. The van der Waals surface area contributed by atoms with E-state index < -0.39 is 0 Å². The van der Waals surface area contributed by atoms with E-state index in [1.54, 1.807) is 16.8 Å². The second kappa shape index (κ2) is 7.01. The summed E-state index contributed by atoms with van der Waals surface area (Å²) in [5.74, 6) is -0.331. The van der Waals surface area contributed by atoms with Crippen molar-refractivity contribution in [3.8, 4) is 0 Å². The van der Waals surface area contributed by atoms with Gasteiger partial charge in [-0.1, -0.05) is 0 Å². The van der Waals surface area contributed by atoms with Crippen LogP contribution in [-0.2, 0) is 17.8 Å². The second-order valence-electron chi connectivity index (χ2n) is 7.48. The number of oxazole rings is 1. The van der Waals surface area contributed by atoms with Crippen molar-refractivity contribution in [2.45, 2.75) is 50.8 Å². The zero-order chi connectivity index (χ0) is 19.1. The van der Waals surface area contributed by atoms with E-state index in [0.717, 1.165) is 43.4 Å². The number of ether oxygens (including phenoxy) is 1. The van der Waals surface area contributed by atoms with Gasteiger partial charge in [0.25, 0.3) is 11.6 Å². The van der Waals surface area contributed by atoms with E-state index in [9.17, 15) is 9.18 Å². The molecule has 5 rings (SSSR count). The maximum absolute atomic E-state index is 13.3. The normalized spacial score (nSPS) is 22.2. The van der Waals surface area contributed by atoms with Crippen molar-refractivity contribution in [3.05, 3.63) is 51.7 Å². The molecule has 0 radical (unpaired) electrons. The molecule has 2 aliphatic rings. The molecule has 1 aromatic carbocycles. The molecule has 0 spiro atoms. The van der Waals surface area contributed by atoms with Crippen LogP contribution in [0.3, 0.4) is 0 Å². The van der Waals surface area contributed by atoms with Gasteiger partial charge < -0.3 is 14.5 Å². The topological polar surface area (TPSA) is 82.2 Å². The van der Waals surface area contributed by atoms with Crippen LogP contribution in [0.2, 0.25) is 0 Å². The monoisotopic (exact) mass is 384 g/mol. The van der Waals surface area contributed by atoms with Gasteiger partial charge in [0, 0.05) is 30.2 Å². The maximum atomic E-state index is 13.3. The van der Waals surface area contributed by atoms with E-state index in [1.807, 2.05) is 0 Å². The Labute approximate surface area is 160 Å². The highest BCUT2D eigenvalue weighted by molar-refractivity contribution is 5.74. The van der Waals surface area contributed by atoms with Crippen LogP contribution >= 0.6 is 0 Å². The van der Waals surface area contributed by atoms with Crippen molar-refractivity contribution in [1.29, 1.82) is 0 Å². The fraction of sp³-hybridized carbons (Fsp3) is 0.450. The third kappa shape index (κ3) is 3.28. The van der Waals surface area contributed by atoms with Gasteiger partial charge in [-0.15, -0.1) is 0 Å². The van der Waals surface area contributed by atoms with Crippen LogP contribution < -0.4 is 10.9 Å². The van der Waals surface area contributed by atoms with E-state index in [-0.39, 0.29) is 23.5 Å². The highest BCUT2D eigenvalue weighted by Crippen LogP contribution is 2.30. The van der Waals surface area contributed by atoms with Crippen molar-refractivity contribution >= 4 is 17.1 Å². The molecule has 3 aromatic rings. The summed E-state index contributed by atoms with van der Waals surface area (Å²) in [7, 11) is 0. The van der Waals surface area contributed by atoms with Crippen LogP contribution in [0.4, 0.5) is 10.4 Å². The molecule has 146 valence electrons. The lowest BCUT2D eigenvalue weighted by Crippen LogP contribution is -2.35. The quantitative estimate of drug-likeness (QED) is 0.747. The van der Waals surface area contributed by atoms with Crippen molar-refractivity contribution < 1.29 is 13.5 Å². The average Bonchev–Trinajstić information content (AvgIpc) is 3.09. The van der Waals surface area contributed by atoms with E-state index in [0.29, 0.717) is 30.3 Å². The first-order valence-electron chi connectivity index (χ1n) is 9.68. The molecule has 7 nitrogen and oxygen atoms in total. The van der Waals surface area contributed by atoms with Crippen LogP contribution in [-0.4, -0.2) is 27.4 Å². The summed E-state index contributed by atoms with van der Waals surface area (Å²) in [6, 6.07) is 6.70. The molecule has 0 saturated heterocycles. The van der Waals surface area contributed by atoms with Gasteiger partial charge in [-0.05, 0) is 37.8 Å². The number of hydrogen-bond donors (Lipinski definition) is 1. The number of nitrogens with zero attached hydrogens (tertiary/aromatic N) is 3. The molecule has 1 saturated carbocycles. The van der Waals surface area contributed by atoms with Gasteiger partial charge in [-0.2, -0.15) is 10.1 Å². The molecular weight excluding hydrogens is 363 g/mol. The Kier molecular flexibility index (Phi) is 4.35. The Hall–Kier alpha value is -2.74. The SMILES string of the molecule is O=c1cc2c(nn1C1CCC(Nc3nc4cc(F)ccc4o3)CC1)CCOC2. The van der Waals surface area contributed by atoms with Gasteiger partial charge in [0.2, 0.25) is 0 Å². The summed E-state index contributed by atoms with van der Waals surface area (Å²) in [4.78, 5) is 16.8. The molecule has 0 atom stereocenters. The predicted octanol–water partition coefficient (Wildman–Crippen LogP) is 3.19. The fourth-order valence-electron chi connectivity index (χ4n) is 4.09. The lowest BCUT2D eigenvalue weighted by Gasteiger charge is -2.29. The molecule has 8 heteroatoms. The average molecular weight is 384 g/mol. The van der Waals surface area contributed by atoms with Gasteiger partial charge in [0.15, 0.2) is 5.58 Å². The second-order valence-corrected chi connectivity index (χ2v) is 7.48. The lowest BCUT2D eigenvalue weighted by atomic mass is 9.91. The van der Waals surface area contributed by atoms with E-state index >= 15 is 0 Å². The van der Waals surface area contributed by atoms with Crippen molar-refractivity contribution in [1.82, 2.24) is 14.8 Å². The number of fused-ring (bicyclic) bond motifs is 2. The van der Waals surface area contributed by atoms with Crippen LogP contribution in [0.1, 0.15) is 43.0 Å². The third-order valence-corrected chi connectivity index (χ3v) is 5.58. The number of benzene rings is 1. The number of nitrogens with one attached hydrogen (secondary N) is 1. The van der Waals surface area contributed by atoms with Crippen molar-refractivity contribution in [2.75, 3.05) is 11.9 Å². The third-order valence-electron chi connectivity index (χ3n) is 5.58. The Balaban J connectivity index is 1.26. The molecule has 28 heavy (non-hydrogen) atoms. The molecule has 3 heterocycles. The zero-order valence-electron chi connectivity index (χ0n) is 15.4. The first-order valence-corrected chi connectivity index (χ1v) is 9.68. The molecule has 1 aliphatic heterocycles. The minimum Gasteiger partial charge on any atom is -0.424 e. The van der Waals surface area contributed by atoms with E-state index in [2.05, 4.69) is 15.4 Å². The molecule has 1 N–H and O–H groups in total. The molecular formula is C20H21FN4O3. The van der Waals surface area contributed by atoms with Crippen LogP contribution in [0.5, 0.6) is 0 Å². The standard InChI is InChI=1S/C20H21FN4O3/c21-13-1-6-18-17(10-13)23-20(28-18)22-14-2-4-15(5-3-14)25-19(26)9-12-11-27-8-7-16(12)24-25/h1,6,9-10,14-15H,2-5,7-8,11H2,(H,22,23). The molecule has 2 aromatic heterocycles. The minimum atomic E-state index is -0.331. The van der Waals surface area contributed by atoms with Gasteiger partial charge in [0.05, 0.1) is 24.9 Å².